The van der Waals surface area contributed by atoms with E-state index in [0.29, 0.717) is 30.7 Å². The number of nitrogens with one attached hydrogen (secondary N) is 1. The number of carbonyl (C=O) groups excluding carboxylic acids is 1. The Balaban J connectivity index is 1.45. The zero-order chi connectivity index (χ0) is 22.5. The number of rotatable bonds is 7. The van der Waals surface area contributed by atoms with E-state index in [1.807, 2.05) is 42.5 Å². The van der Waals surface area contributed by atoms with Gasteiger partial charge in [-0.15, -0.1) is 0 Å². The number of hydrogen-bond donors (Lipinski definition) is 1. The average Bonchev–Trinajstić information content (AvgIpc) is 3.29. The molecule has 0 amide bonds. The summed E-state index contributed by atoms with van der Waals surface area (Å²) in [6.45, 7) is 2.67. The monoisotopic (exact) mass is 431 g/mol. The van der Waals surface area contributed by atoms with E-state index in [1.54, 1.807) is 37.3 Å². The molecule has 1 heterocycles. The van der Waals surface area contributed by atoms with Gasteiger partial charge in [0.15, 0.2) is 0 Å². The predicted octanol–water partition coefficient (Wildman–Crippen LogP) is 2.85. The first-order chi connectivity index (χ1) is 15.5. The Morgan fingerprint density at radius 3 is 2.44 bits per heavy atom. The van der Waals surface area contributed by atoms with Gasteiger partial charge < -0.3 is 0 Å². The first-order valence-electron chi connectivity index (χ1n) is 10.6. The van der Waals surface area contributed by atoms with Crippen LogP contribution in [-0.2, 0) is 11.4 Å². The molecule has 1 aliphatic carbocycles. The van der Waals surface area contributed by atoms with Gasteiger partial charge in [-0.25, -0.2) is 10.3 Å². The molecule has 0 bridgehead atoms. The Labute approximate surface area is 185 Å². The number of aryl methyl sites for hydroxylation is 1. The molecule has 7 nitrogen and oxygen atoms in total. The molecule has 0 radical (unpaired) electrons. The summed E-state index contributed by atoms with van der Waals surface area (Å²) in [7, 11) is 0. The highest BCUT2D eigenvalue weighted by Gasteiger charge is 2.24. The molecule has 0 spiro atoms. The summed E-state index contributed by atoms with van der Waals surface area (Å²) in [5.74, 6) is -0.458. The first-order valence-corrected chi connectivity index (χ1v) is 10.6. The van der Waals surface area contributed by atoms with Crippen LogP contribution in [0, 0.1) is 12.8 Å². The quantitative estimate of drug-likeness (QED) is 0.353. The van der Waals surface area contributed by atoms with Gasteiger partial charge in [-0.05, 0) is 37.0 Å². The molecule has 1 N–H and O–H groups in total. The van der Waals surface area contributed by atoms with Gasteiger partial charge >= 0.3 is 5.69 Å². The summed E-state index contributed by atoms with van der Waals surface area (Å²) in [4.78, 5) is 44.1. The maximum absolute atomic E-state index is 13.1. The summed E-state index contributed by atoms with van der Waals surface area (Å²) < 4.78 is 2.20. The van der Waals surface area contributed by atoms with Crippen LogP contribution in [-0.4, -0.2) is 21.6 Å². The van der Waals surface area contributed by atoms with Gasteiger partial charge in [0, 0.05) is 23.9 Å². The molecule has 1 aliphatic rings. The average molecular weight is 431 g/mol. The van der Waals surface area contributed by atoms with Crippen LogP contribution < -0.4 is 16.7 Å². The van der Waals surface area contributed by atoms with Gasteiger partial charge in [0.05, 0.1) is 12.6 Å². The maximum Gasteiger partial charge on any atom is 0.338 e. The molecule has 2 atom stereocenters. The molecule has 1 aromatic heterocycles. The molecule has 164 valence electrons. The lowest BCUT2D eigenvalue weighted by Crippen LogP contribution is -2.45. The Bertz CT molecular complexity index is 1230. The standard InChI is InChI=1S/C25H25N3O4/c1-18-16-27(25(31)28(23(18)29)24(30)21-10-6-3-7-11-21)22-13-12-20(14-22)15-26-32-17-19-8-4-2-5-9-19/h2-13,16,20,22,26H,14-15,17H2,1H3/t20-,22+/m1/s1. The van der Waals surface area contributed by atoms with E-state index in [4.69, 9.17) is 4.84 Å². The highest BCUT2D eigenvalue weighted by Crippen LogP contribution is 2.26. The minimum Gasteiger partial charge on any atom is -0.297 e. The summed E-state index contributed by atoms with van der Waals surface area (Å²) in [5, 5.41) is 0. The molecule has 4 rings (SSSR count). The zero-order valence-corrected chi connectivity index (χ0v) is 17.8. The van der Waals surface area contributed by atoms with Crippen molar-refractivity contribution < 1.29 is 9.63 Å². The Morgan fingerprint density at radius 2 is 1.72 bits per heavy atom. The molecule has 0 saturated carbocycles. The van der Waals surface area contributed by atoms with E-state index < -0.39 is 17.2 Å². The van der Waals surface area contributed by atoms with Crippen molar-refractivity contribution in [2.45, 2.75) is 26.0 Å². The third kappa shape index (κ3) is 4.69. The zero-order valence-electron chi connectivity index (χ0n) is 17.8. The van der Waals surface area contributed by atoms with Crippen LogP contribution in [0.1, 0.15) is 33.9 Å². The highest BCUT2D eigenvalue weighted by molar-refractivity contribution is 5.95. The summed E-state index contributed by atoms with van der Waals surface area (Å²) >= 11 is 0. The molecule has 2 aromatic carbocycles. The fourth-order valence-electron chi connectivity index (χ4n) is 3.81. The third-order valence-electron chi connectivity index (χ3n) is 5.55. The molecule has 7 heteroatoms. The smallest absolute Gasteiger partial charge is 0.297 e. The normalized spacial score (nSPS) is 17.5. The molecule has 3 aromatic rings. The lowest BCUT2D eigenvalue weighted by Gasteiger charge is -2.17. The summed E-state index contributed by atoms with van der Waals surface area (Å²) in [6.07, 6.45) is 6.17. The van der Waals surface area contributed by atoms with Crippen LogP contribution in [0.15, 0.2) is 88.6 Å². The number of benzene rings is 2. The Hall–Kier alpha value is -3.55. The summed E-state index contributed by atoms with van der Waals surface area (Å²) in [6, 6.07) is 18.0. The molecule has 0 unspecified atom stereocenters. The van der Waals surface area contributed by atoms with Gasteiger partial charge in [0.25, 0.3) is 11.5 Å². The summed E-state index contributed by atoms with van der Waals surface area (Å²) in [5.41, 5.74) is 3.48. The number of aromatic nitrogens is 2. The van der Waals surface area contributed by atoms with Crippen molar-refractivity contribution >= 4 is 5.91 Å². The second-order valence-corrected chi connectivity index (χ2v) is 7.88. The second kappa shape index (κ2) is 9.72. The largest absolute Gasteiger partial charge is 0.338 e. The van der Waals surface area contributed by atoms with Crippen LogP contribution in [0.2, 0.25) is 0 Å². The number of allylic oxidation sites excluding steroid dienone is 1. The number of nitrogens with zero attached hydrogens (tertiary/aromatic N) is 2. The van der Waals surface area contributed by atoms with Crippen LogP contribution in [0.25, 0.3) is 0 Å². The van der Waals surface area contributed by atoms with Gasteiger partial charge in [0.2, 0.25) is 0 Å². The van der Waals surface area contributed by atoms with Crippen molar-refractivity contribution in [1.29, 1.82) is 0 Å². The lowest BCUT2D eigenvalue weighted by molar-refractivity contribution is 0.0223. The van der Waals surface area contributed by atoms with E-state index >= 15 is 0 Å². The van der Waals surface area contributed by atoms with Crippen LogP contribution >= 0.6 is 0 Å². The third-order valence-corrected chi connectivity index (χ3v) is 5.55. The van der Waals surface area contributed by atoms with Crippen molar-refractivity contribution in [3.05, 3.63) is 117 Å². The topological polar surface area (TPSA) is 82.3 Å². The van der Waals surface area contributed by atoms with Crippen molar-refractivity contribution in [2.75, 3.05) is 6.54 Å². The van der Waals surface area contributed by atoms with Gasteiger partial charge in [-0.1, -0.05) is 60.7 Å². The lowest BCUT2D eigenvalue weighted by atomic mass is 10.1. The van der Waals surface area contributed by atoms with Crippen molar-refractivity contribution in [3.8, 4) is 0 Å². The Kier molecular flexibility index (Phi) is 6.58. The van der Waals surface area contributed by atoms with E-state index in [2.05, 4.69) is 5.48 Å². The van der Waals surface area contributed by atoms with E-state index in [-0.39, 0.29) is 12.0 Å². The van der Waals surface area contributed by atoms with Crippen LogP contribution in [0.3, 0.4) is 0 Å². The minimum atomic E-state index is -0.627. The fourth-order valence-corrected chi connectivity index (χ4v) is 3.81. The van der Waals surface area contributed by atoms with Crippen LogP contribution in [0.5, 0.6) is 0 Å². The van der Waals surface area contributed by atoms with Crippen molar-refractivity contribution in [3.63, 3.8) is 0 Å². The molecule has 32 heavy (non-hydrogen) atoms. The second-order valence-electron chi connectivity index (χ2n) is 7.88. The van der Waals surface area contributed by atoms with E-state index in [9.17, 15) is 14.4 Å². The highest BCUT2D eigenvalue weighted by atomic mass is 16.6. The van der Waals surface area contributed by atoms with Crippen molar-refractivity contribution in [1.82, 2.24) is 14.6 Å². The first kappa shape index (κ1) is 21.7. The number of hydroxylamine groups is 1. The molecule has 0 saturated heterocycles. The molecule has 0 fully saturated rings. The fraction of sp³-hybridized carbons (Fsp3) is 0.240. The Morgan fingerprint density at radius 1 is 1.03 bits per heavy atom. The predicted molar refractivity (Wildman–Crippen MR) is 121 cm³/mol. The van der Waals surface area contributed by atoms with Crippen LogP contribution in [0.4, 0.5) is 0 Å². The van der Waals surface area contributed by atoms with Crippen molar-refractivity contribution in [2.24, 2.45) is 5.92 Å². The van der Waals surface area contributed by atoms with E-state index in [0.717, 1.165) is 10.1 Å². The number of carbonyl (C=O) groups is 1. The van der Waals surface area contributed by atoms with Gasteiger partial charge in [0.1, 0.15) is 0 Å². The SMILES string of the molecule is Cc1cn([C@H]2C=C[C@@H](CNOCc3ccccc3)C2)c(=O)n(C(=O)c2ccccc2)c1=O. The number of hydrogen-bond acceptors (Lipinski definition) is 5. The maximum atomic E-state index is 13.1. The molecule has 0 aliphatic heterocycles. The molecular weight excluding hydrogens is 406 g/mol. The minimum absolute atomic E-state index is 0.160. The molecular formula is C25H25N3O4. The van der Waals surface area contributed by atoms with Gasteiger partial charge in [-0.2, -0.15) is 4.57 Å². The van der Waals surface area contributed by atoms with E-state index in [1.165, 1.54) is 10.8 Å². The van der Waals surface area contributed by atoms with Gasteiger partial charge in [-0.3, -0.25) is 19.0 Å².